The molecule has 0 aromatic heterocycles. The summed E-state index contributed by atoms with van der Waals surface area (Å²) in [5.41, 5.74) is 0.665. The molecule has 0 spiro atoms. The van der Waals surface area contributed by atoms with Gasteiger partial charge >= 0.3 is 0 Å². The quantitative estimate of drug-likeness (QED) is 0.856. The predicted octanol–water partition coefficient (Wildman–Crippen LogP) is 2.02. The van der Waals surface area contributed by atoms with Crippen LogP contribution in [0.4, 0.5) is 0 Å². The van der Waals surface area contributed by atoms with Crippen LogP contribution in [0, 0.1) is 11.8 Å². The van der Waals surface area contributed by atoms with Crippen LogP contribution in [-0.4, -0.2) is 17.1 Å². The highest BCUT2D eigenvalue weighted by molar-refractivity contribution is 5.82. The van der Waals surface area contributed by atoms with Gasteiger partial charge in [-0.2, -0.15) is 0 Å². The van der Waals surface area contributed by atoms with Gasteiger partial charge in [0.05, 0.1) is 0 Å². The summed E-state index contributed by atoms with van der Waals surface area (Å²) in [7, 11) is 0. The lowest BCUT2D eigenvalue weighted by molar-refractivity contribution is -0.130. The monoisotopic (exact) mass is 245 g/mol. The van der Waals surface area contributed by atoms with Gasteiger partial charge in [-0.05, 0) is 36.7 Å². The number of amides is 1. The van der Waals surface area contributed by atoms with E-state index < -0.39 is 6.10 Å². The zero-order chi connectivity index (χ0) is 12.5. The molecule has 0 radical (unpaired) electrons. The summed E-state index contributed by atoms with van der Waals surface area (Å²) in [6, 6.07) is 9.40. The van der Waals surface area contributed by atoms with Crippen molar-refractivity contribution in [3.05, 3.63) is 35.9 Å². The predicted molar refractivity (Wildman–Crippen MR) is 68.8 cm³/mol. The van der Waals surface area contributed by atoms with Crippen LogP contribution < -0.4 is 5.32 Å². The fourth-order valence-corrected chi connectivity index (χ4v) is 3.47. The van der Waals surface area contributed by atoms with Crippen molar-refractivity contribution in [2.75, 3.05) is 0 Å². The highest BCUT2D eigenvalue weighted by atomic mass is 16.3. The number of nitrogens with one attached hydrogen (secondary N) is 1. The van der Waals surface area contributed by atoms with Gasteiger partial charge in [0.1, 0.15) is 0 Å². The largest absolute Gasteiger partial charge is 0.378 e. The van der Waals surface area contributed by atoms with Gasteiger partial charge in [0.15, 0.2) is 6.10 Å². The Labute approximate surface area is 107 Å². The van der Waals surface area contributed by atoms with Crippen LogP contribution >= 0.6 is 0 Å². The molecule has 2 aliphatic carbocycles. The molecular weight excluding hydrogens is 226 g/mol. The molecule has 4 atom stereocenters. The number of aliphatic hydroxyl groups is 1. The van der Waals surface area contributed by atoms with E-state index in [2.05, 4.69) is 5.32 Å². The highest BCUT2D eigenvalue weighted by Gasteiger charge is 2.40. The molecule has 3 heteroatoms. The number of fused-ring (bicyclic) bond motifs is 2. The first-order chi connectivity index (χ1) is 8.74. The third kappa shape index (κ3) is 2.15. The minimum absolute atomic E-state index is 0.251. The van der Waals surface area contributed by atoms with Crippen molar-refractivity contribution in [1.82, 2.24) is 5.32 Å². The molecule has 0 unspecified atom stereocenters. The van der Waals surface area contributed by atoms with Crippen molar-refractivity contribution in [3.63, 3.8) is 0 Å². The number of hydrogen-bond donors (Lipinski definition) is 2. The minimum Gasteiger partial charge on any atom is -0.378 e. The first-order valence-electron chi connectivity index (χ1n) is 6.77. The van der Waals surface area contributed by atoms with Gasteiger partial charge in [-0.25, -0.2) is 0 Å². The van der Waals surface area contributed by atoms with Gasteiger partial charge < -0.3 is 10.4 Å². The van der Waals surface area contributed by atoms with E-state index in [0.717, 1.165) is 12.3 Å². The Morgan fingerprint density at radius 2 is 2.00 bits per heavy atom. The first-order valence-corrected chi connectivity index (χ1v) is 6.77. The van der Waals surface area contributed by atoms with Crippen LogP contribution in [0.3, 0.4) is 0 Å². The van der Waals surface area contributed by atoms with Crippen molar-refractivity contribution in [2.45, 2.75) is 37.8 Å². The summed E-state index contributed by atoms with van der Waals surface area (Å²) in [5.74, 6) is 1.19. The van der Waals surface area contributed by atoms with Gasteiger partial charge in [-0.15, -0.1) is 0 Å². The number of benzene rings is 1. The van der Waals surface area contributed by atoms with E-state index >= 15 is 0 Å². The van der Waals surface area contributed by atoms with E-state index in [4.69, 9.17) is 0 Å². The van der Waals surface area contributed by atoms with Crippen LogP contribution in [-0.2, 0) is 4.79 Å². The average molecular weight is 245 g/mol. The molecule has 1 aromatic carbocycles. The zero-order valence-electron chi connectivity index (χ0n) is 10.4. The number of aliphatic hydroxyl groups excluding tert-OH is 1. The Morgan fingerprint density at radius 1 is 1.22 bits per heavy atom. The van der Waals surface area contributed by atoms with E-state index in [9.17, 15) is 9.90 Å². The molecule has 3 nitrogen and oxygen atoms in total. The SMILES string of the molecule is O=C(N[C@H]1C[C@H]2CC[C@H]1C2)[C@H](O)c1ccccc1. The van der Waals surface area contributed by atoms with E-state index in [1.165, 1.54) is 19.3 Å². The molecule has 2 aliphatic rings. The number of hydrogen-bond acceptors (Lipinski definition) is 2. The Hall–Kier alpha value is -1.35. The lowest BCUT2D eigenvalue weighted by Gasteiger charge is -2.24. The van der Waals surface area contributed by atoms with Crippen LogP contribution in [0.5, 0.6) is 0 Å². The maximum absolute atomic E-state index is 12.0. The molecule has 2 saturated carbocycles. The van der Waals surface area contributed by atoms with Crippen molar-refractivity contribution in [3.8, 4) is 0 Å². The van der Waals surface area contributed by atoms with Gasteiger partial charge in [0.2, 0.25) is 0 Å². The molecule has 18 heavy (non-hydrogen) atoms. The smallest absolute Gasteiger partial charge is 0.253 e. The summed E-state index contributed by atoms with van der Waals surface area (Å²) in [5, 5.41) is 13.0. The van der Waals surface area contributed by atoms with Gasteiger partial charge in [0.25, 0.3) is 5.91 Å². The van der Waals surface area contributed by atoms with Crippen molar-refractivity contribution < 1.29 is 9.90 Å². The molecule has 1 aromatic rings. The van der Waals surface area contributed by atoms with E-state index in [1.807, 2.05) is 18.2 Å². The fourth-order valence-electron chi connectivity index (χ4n) is 3.47. The Bertz CT molecular complexity index is 431. The zero-order valence-corrected chi connectivity index (χ0v) is 10.4. The van der Waals surface area contributed by atoms with Crippen LogP contribution in [0.25, 0.3) is 0 Å². The molecule has 2 N–H and O–H groups in total. The standard InChI is InChI=1S/C15H19NO2/c17-14(11-4-2-1-3-5-11)15(18)16-13-9-10-6-7-12(13)8-10/h1-5,10,12-14,17H,6-9H2,(H,16,18)/t10-,12-,13-,14+/m0/s1. The second-order valence-corrected chi connectivity index (χ2v) is 5.60. The molecule has 2 fully saturated rings. The lowest BCUT2D eigenvalue weighted by atomic mass is 9.95. The summed E-state index contributed by atoms with van der Waals surface area (Å²) < 4.78 is 0. The number of rotatable bonds is 3. The molecule has 2 bridgehead atoms. The topological polar surface area (TPSA) is 49.3 Å². The number of carbonyl (C=O) groups excluding carboxylic acids is 1. The van der Waals surface area contributed by atoms with E-state index in [0.29, 0.717) is 11.5 Å². The van der Waals surface area contributed by atoms with Gasteiger partial charge in [-0.1, -0.05) is 36.8 Å². The summed E-state index contributed by atoms with van der Waals surface area (Å²) in [6.45, 7) is 0. The average Bonchev–Trinajstić information content (AvgIpc) is 3.01. The van der Waals surface area contributed by atoms with Crippen LogP contribution in [0.2, 0.25) is 0 Å². The van der Waals surface area contributed by atoms with E-state index in [1.54, 1.807) is 12.1 Å². The van der Waals surface area contributed by atoms with Crippen LogP contribution in [0.1, 0.15) is 37.4 Å². The maximum atomic E-state index is 12.0. The minimum atomic E-state index is -1.04. The number of carbonyl (C=O) groups is 1. The third-order valence-electron chi connectivity index (χ3n) is 4.43. The third-order valence-corrected chi connectivity index (χ3v) is 4.43. The second kappa shape index (κ2) is 4.73. The molecule has 1 amide bonds. The fraction of sp³-hybridized carbons (Fsp3) is 0.533. The molecule has 0 saturated heterocycles. The summed E-state index contributed by atoms with van der Waals surface area (Å²) >= 11 is 0. The molecular formula is C15H19NO2. The normalized spacial score (nSPS) is 31.3. The Kier molecular flexibility index (Phi) is 3.08. The molecule has 0 heterocycles. The van der Waals surface area contributed by atoms with Crippen molar-refractivity contribution in [2.24, 2.45) is 11.8 Å². The highest BCUT2D eigenvalue weighted by Crippen LogP contribution is 2.44. The van der Waals surface area contributed by atoms with Crippen molar-refractivity contribution in [1.29, 1.82) is 0 Å². The summed E-state index contributed by atoms with van der Waals surface area (Å²) in [6.07, 6.45) is 3.87. The van der Waals surface area contributed by atoms with Crippen molar-refractivity contribution >= 4 is 5.91 Å². The Morgan fingerprint density at radius 3 is 2.61 bits per heavy atom. The Balaban J connectivity index is 1.62. The molecule has 3 rings (SSSR count). The van der Waals surface area contributed by atoms with E-state index in [-0.39, 0.29) is 11.9 Å². The molecule has 96 valence electrons. The molecule has 0 aliphatic heterocycles. The lowest BCUT2D eigenvalue weighted by Crippen LogP contribution is -2.41. The maximum Gasteiger partial charge on any atom is 0.253 e. The van der Waals surface area contributed by atoms with Crippen LogP contribution in [0.15, 0.2) is 30.3 Å². The second-order valence-electron chi connectivity index (χ2n) is 5.60. The van der Waals surface area contributed by atoms with Gasteiger partial charge in [0, 0.05) is 6.04 Å². The summed E-state index contributed by atoms with van der Waals surface area (Å²) in [4.78, 5) is 12.0. The first kappa shape index (κ1) is 11.7. The van der Waals surface area contributed by atoms with Gasteiger partial charge in [-0.3, -0.25) is 4.79 Å².